The molecule has 1 heterocycles. The summed E-state index contributed by atoms with van der Waals surface area (Å²) in [6, 6.07) is 0.420. The number of hydrogen-bond donors (Lipinski definition) is 2. The maximum atomic E-state index is 12.1. The third-order valence-corrected chi connectivity index (χ3v) is 4.54. The molecule has 0 spiro atoms. The van der Waals surface area contributed by atoms with Crippen molar-refractivity contribution in [3.05, 3.63) is 0 Å². The Hall–Kier alpha value is -0.570. The standard InChI is InChI=1S/C14H26N2O/c1-10-8-15-9-12(10)13(17)16-11-4-6-14(2,3)7-5-11/h10-12,15H,4-9H2,1-3H3,(H,16,17)/t10-,12-/m1/s1. The van der Waals surface area contributed by atoms with E-state index in [0.29, 0.717) is 17.4 Å². The smallest absolute Gasteiger partial charge is 0.224 e. The van der Waals surface area contributed by atoms with E-state index >= 15 is 0 Å². The second kappa shape index (κ2) is 4.97. The summed E-state index contributed by atoms with van der Waals surface area (Å²) in [5, 5.41) is 6.54. The molecule has 17 heavy (non-hydrogen) atoms. The summed E-state index contributed by atoms with van der Waals surface area (Å²) in [4.78, 5) is 12.1. The molecule has 1 aliphatic heterocycles. The van der Waals surface area contributed by atoms with Crippen molar-refractivity contribution in [3.8, 4) is 0 Å². The highest BCUT2D eigenvalue weighted by Gasteiger charge is 2.32. The quantitative estimate of drug-likeness (QED) is 0.772. The zero-order valence-corrected chi connectivity index (χ0v) is 11.4. The molecule has 2 fully saturated rings. The number of hydrogen-bond acceptors (Lipinski definition) is 2. The fourth-order valence-electron chi connectivity index (χ4n) is 3.01. The average molecular weight is 238 g/mol. The highest BCUT2D eigenvalue weighted by Crippen LogP contribution is 2.35. The van der Waals surface area contributed by atoms with Crippen LogP contribution >= 0.6 is 0 Å². The molecule has 0 radical (unpaired) electrons. The van der Waals surface area contributed by atoms with E-state index in [1.54, 1.807) is 0 Å². The molecule has 0 bridgehead atoms. The van der Waals surface area contributed by atoms with E-state index in [2.05, 4.69) is 31.4 Å². The van der Waals surface area contributed by atoms with Crippen molar-refractivity contribution < 1.29 is 4.79 Å². The summed E-state index contributed by atoms with van der Waals surface area (Å²) >= 11 is 0. The molecule has 3 nitrogen and oxygen atoms in total. The van der Waals surface area contributed by atoms with Crippen LogP contribution in [0, 0.1) is 17.3 Å². The van der Waals surface area contributed by atoms with E-state index in [9.17, 15) is 4.79 Å². The fraction of sp³-hybridized carbons (Fsp3) is 0.929. The maximum Gasteiger partial charge on any atom is 0.224 e. The van der Waals surface area contributed by atoms with Gasteiger partial charge >= 0.3 is 0 Å². The van der Waals surface area contributed by atoms with Gasteiger partial charge in [0.2, 0.25) is 5.91 Å². The predicted octanol–water partition coefficient (Wildman–Crippen LogP) is 1.93. The molecule has 2 atom stereocenters. The van der Waals surface area contributed by atoms with Crippen molar-refractivity contribution in [2.45, 2.75) is 52.5 Å². The van der Waals surface area contributed by atoms with E-state index in [1.165, 1.54) is 12.8 Å². The number of carbonyl (C=O) groups is 1. The van der Waals surface area contributed by atoms with Gasteiger partial charge in [0.05, 0.1) is 5.92 Å². The van der Waals surface area contributed by atoms with Crippen LogP contribution in [0.5, 0.6) is 0 Å². The third-order valence-electron chi connectivity index (χ3n) is 4.54. The van der Waals surface area contributed by atoms with Crippen LogP contribution < -0.4 is 10.6 Å². The number of rotatable bonds is 2. The van der Waals surface area contributed by atoms with Crippen LogP contribution in [-0.4, -0.2) is 25.0 Å². The van der Waals surface area contributed by atoms with Crippen LogP contribution in [0.4, 0.5) is 0 Å². The van der Waals surface area contributed by atoms with Gasteiger partial charge in [-0.3, -0.25) is 4.79 Å². The van der Waals surface area contributed by atoms with Gasteiger partial charge in [-0.25, -0.2) is 0 Å². The van der Waals surface area contributed by atoms with Gasteiger partial charge in [0, 0.05) is 12.6 Å². The molecular formula is C14H26N2O. The lowest BCUT2D eigenvalue weighted by molar-refractivity contribution is -0.126. The zero-order chi connectivity index (χ0) is 12.5. The van der Waals surface area contributed by atoms with Gasteiger partial charge in [0.1, 0.15) is 0 Å². The average Bonchev–Trinajstić information content (AvgIpc) is 2.68. The minimum Gasteiger partial charge on any atom is -0.353 e. The molecule has 98 valence electrons. The molecule has 1 amide bonds. The third kappa shape index (κ3) is 3.21. The lowest BCUT2D eigenvalue weighted by Gasteiger charge is -2.35. The molecule has 2 rings (SSSR count). The van der Waals surface area contributed by atoms with E-state index in [4.69, 9.17) is 0 Å². The van der Waals surface area contributed by atoms with Gasteiger partial charge < -0.3 is 10.6 Å². The number of nitrogens with one attached hydrogen (secondary N) is 2. The van der Waals surface area contributed by atoms with E-state index < -0.39 is 0 Å². The van der Waals surface area contributed by atoms with Crippen molar-refractivity contribution in [2.24, 2.45) is 17.3 Å². The Morgan fingerprint density at radius 1 is 1.24 bits per heavy atom. The first-order chi connectivity index (χ1) is 7.98. The zero-order valence-electron chi connectivity index (χ0n) is 11.4. The predicted molar refractivity (Wildman–Crippen MR) is 69.7 cm³/mol. The van der Waals surface area contributed by atoms with E-state index in [-0.39, 0.29) is 11.8 Å². The number of amides is 1. The second-order valence-electron chi connectivity index (χ2n) is 6.69. The minimum absolute atomic E-state index is 0.185. The van der Waals surface area contributed by atoms with E-state index in [0.717, 1.165) is 25.9 Å². The molecule has 0 aromatic heterocycles. The van der Waals surface area contributed by atoms with Crippen LogP contribution in [0.3, 0.4) is 0 Å². The molecular weight excluding hydrogens is 212 g/mol. The highest BCUT2D eigenvalue weighted by molar-refractivity contribution is 5.79. The Labute approximate surface area is 105 Å². The van der Waals surface area contributed by atoms with Crippen LogP contribution in [0.2, 0.25) is 0 Å². The highest BCUT2D eigenvalue weighted by atomic mass is 16.2. The number of carbonyl (C=O) groups excluding carboxylic acids is 1. The Morgan fingerprint density at radius 3 is 2.41 bits per heavy atom. The summed E-state index contributed by atoms with van der Waals surface area (Å²) in [5.74, 6) is 0.937. The van der Waals surface area contributed by atoms with E-state index in [1.807, 2.05) is 0 Å². The van der Waals surface area contributed by atoms with Crippen LogP contribution in [-0.2, 0) is 4.79 Å². The van der Waals surface area contributed by atoms with Crippen LogP contribution in [0.25, 0.3) is 0 Å². The second-order valence-corrected chi connectivity index (χ2v) is 6.69. The van der Waals surface area contributed by atoms with Gasteiger partial charge in [0.15, 0.2) is 0 Å². The summed E-state index contributed by atoms with van der Waals surface area (Å²) in [5.41, 5.74) is 0.476. The Bertz CT molecular complexity index is 278. The summed E-state index contributed by atoms with van der Waals surface area (Å²) in [6.07, 6.45) is 4.76. The largest absolute Gasteiger partial charge is 0.353 e. The topological polar surface area (TPSA) is 41.1 Å². The normalized spacial score (nSPS) is 33.6. The Balaban J connectivity index is 1.80. The Morgan fingerprint density at radius 2 is 1.88 bits per heavy atom. The minimum atomic E-state index is 0.185. The molecule has 3 heteroatoms. The maximum absolute atomic E-state index is 12.1. The van der Waals surface area contributed by atoms with Crippen molar-refractivity contribution in [1.82, 2.24) is 10.6 Å². The molecule has 1 aliphatic carbocycles. The van der Waals surface area contributed by atoms with Gasteiger partial charge in [-0.05, 0) is 43.6 Å². The monoisotopic (exact) mass is 238 g/mol. The van der Waals surface area contributed by atoms with Gasteiger partial charge in [-0.15, -0.1) is 0 Å². The van der Waals surface area contributed by atoms with Crippen molar-refractivity contribution in [1.29, 1.82) is 0 Å². The van der Waals surface area contributed by atoms with Crippen molar-refractivity contribution >= 4 is 5.91 Å². The SMILES string of the molecule is C[C@@H]1CNC[C@H]1C(=O)NC1CCC(C)(C)CC1. The molecule has 0 unspecified atom stereocenters. The van der Waals surface area contributed by atoms with Crippen LogP contribution in [0.1, 0.15) is 46.5 Å². The van der Waals surface area contributed by atoms with Crippen LogP contribution in [0.15, 0.2) is 0 Å². The van der Waals surface area contributed by atoms with Gasteiger partial charge in [-0.1, -0.05) is 20.8 Å². The molecule has 2 aliphatic rings. The summed E-state index contributed by atoms with van der Waals surface area (Å²) < 4.78 is 0. The lowest BCUT2D eigenvalue weighted by atomic mass is 9.75. The lowest BCUT2D eigenvalue weighted by Crippen LogP contribution is -2.43. The molecule has 2 N–H and O–H groups in total. The molecule has 0 aromatic carbocycles. The summed E-state index contributed by atoms with van der Waals surface area (Å²) in [6.45, 7) is 8.65. The van der Waals surface area contributed by atoms with Crippen molar-refractivity contribution in [2.75, 3.05) is 13.1 Å². The first-order valence-electron chi connectivity index (χ1n) is 6.99. The molecule has 0 aromatic rings. The molecule has 1 saturated carbocycles. The molecule has 1 saturated heterocycles. The Kier molecular flexibility index (Phi) is 3.76. The van der Waals surface area contributed by atoms with Gasteiger partial charge in [0.25, 0.3) is 0 Å². The fourth-order valence-corrected chi connectivity index (χ4v) is 3.01. The van der Waals surface area contributed by atoms with Gasteiger partial charge in [-0.2, -0.15) is 0 Å². The first-order valence-corrected chi connectivity index (χ1v) is 6.99. The summed E-state index contributed by atoms with van der Waals surface area (Å²) in [7, 11) is 0. The van der Waals surface area contributed by atoms with Crippen molar-refractivity contribution in [3.63, 3.8) is 0 Å². The first kappa shape index (κ1) is 12.9.